The first-order valence-corrected chi connectivity index (χ1v) is 18.8. The van der Waals surface area contributed by atoms with Crippen molar-refractivity contribution in [3.63, 3.8) is 0 Å². The molecular formula is C39H43N7O4S. The second-order valence-electron chi connectivity index (χ2n) is 13.2. The molecule has 2 aliphatic rings. The van der Waals surface area contributed by atoms with E-state index in [1.165, 1.54) is 5.56 Å². The van der Waals surface area contributed by atoms with Gasteiger partial charge in [0.1, 0.15) is 17.6 Å². The Kier molecular flexibility index (Phi) is 10.0. The summed E-state index contributed by atoms with van der Waals surface area (Å²) in [6.07, 6.45) is 6.28. The molecule has 0 spiro atoms. The van der Waals surface area contributed by atoms with Gasteiger partial charge >= 0.3 is 0 Å². The lowest BCUT2D eigenvalue weighted by Gasteiger charge is -2.36. The summed E-state index contributed by atoms with van der Waals surface area (Å²) in [5.41, 5.74) is 5.68. The van der Waals surface area contributed by atoms with Gasteiger partial charge in [0.2, 0.25) is 5.88 Å². The van der Waals surface area contributed by atoms with Crippen LogP contribution in [0.25, 0.3) is 16.9 Å². The zero-order valence-corrected chi connectivity index (χ0v) is 30.1. The molecule has 2 atom stereocenters. The van der Waals surface area contributed by atoms with Crippen LogP contribution in [-0.2, 0) is 31.0 Å². The summed E-state index contributed by atoms with van der Waals surface area (Å²) in [5, 5.41) is 9.22. The van der Waals surface area contributed by atoms with Crippen molar-refractivity contribution < 1.29 is 18.5 Å². The summed E-state index contributed by atoms with van der Waals surface area (Å²) in [6, 6.07) is 24.2. The molecule has 12 heteroatoms. The maximum Gasteiger partial charge on any atom is 0.274 e. The van der Waals surface area contributed by atoms with E-state index in [1.807, 2.05) is 65.5 Å². The van der Waals surface area contributed by atoms with E-state index in [0.717, 1.165) is 42.5 Å². The number of unbranched alkanes of at least 4 members (excludes halogenated alkanes) is 2. The van der Waals surface area contributed by atoms with E-state index in [4.69, 9.17) is 9.84 Å². The molecule has 264 valence electrons. The normalized spacial score (nSPS) is 15.6. The van der Waals surface area contributed by atoms with Crippen LogP contribution < -0.4 is 9.46 Å². The predicted octanol–water partition coefficient (Wildman–Crippen LogP) is 6.41. The van der Waals surface area contributed by atoms with Gasteiger partial charge in [-0.2, -0.15) is 14.9 Å². The van der Waals surface area contributed by atoms with Crippen LogP contribution in [0.5, 0.6) is 5.88 Å². The van der Waals surface area contributed by atoms with Crippen molar-refractivity contribution in [3.05, 3.63) is 107 Å². The van der Waals surface area contributed by atoms with Crippen LogP contribution in [0.3, 0.4) is 0 Å². The van der Waals surface area contributed by atoms with Crippen molar-refractivity contribution in [1.82, 2.24) is 29.4 Å². The highest BCUT2D eigenvalue weighted by Crippen LogP contribution is 2.33. The molecule has 0 bridgehead atoms. The molecule has 11 nitrogen and oxygen atoms in total. The Labute approximate surface area is 300 Å². The Morgan fingerprint density at radius 3 is 2.41 bits per heavy atom. The number of amides is 2. The second kappa shape index (κ2) is 14.9. The van der Waals surface area contributed by atoms with E-state index in [0.29, 0.717) is 53.8 Å². The van der Waals surface area contributed by atoms with Crippen molar-refractivity contribution in [2.45, 2.75) is 63.4 Å². The minimum atomic E-state index is -1.61. The number of benzene rings is 3. The second-order valence-corrected chi connectivity index (χ2v) is 14.4. The fraction of sp³-hybridized carbons (Fsp3) is 0.333. The molecule has 0 saturated carbocycles. The number of nitrogens with one attached hydrogen (secondary N) is 1. The third-order valence-corrected chi connectivity index (χ3v) is 10.7. The molecular weight excluding hydrogens is 663 g/mol. The first kappa shape index (κ1) is 34.2. The molecule has 2 aromatic heterocycles. The fourth-order valence-electron chi connectivity index (χ4n) is 6.67. The van der Waals surface area contributed by atoms with E-state index < -0.39 is 11.0 Å². The van der Waals surface area contributed by atoms with Gasteiger partial charge in [0, 0.05) is 50.2 Å². The third-order valence-electron chi connectivity index (χ3n) is 9.53. The minimum Gasteiger partial charge on any atom is -0.475 e. The van der Waals surface area contributed by atoms with Gasteiger partial charge in [-0.15, -0.1) is 0 Å². The summed E-state index contributed by atoms with van der Waals surface area (Å²) >= 11 is 0. The van der Waals surface area contributed by atoms with Crippen molar-refractivity contribution in [1.29, 1.82) is 0 Å². The fourth-order valence-corrected chi connectivity index (χ4v) is 7.51. The number of rotatable bonds is 11. The van der Waals surface area contributed by atoms with Gasteiger partial charge in [0.05, 0.1) is 27.9 Å². The van der Waals surface area contributed by atoms with Crippen molar-refractivity contribution in [2.75, 3.05) is 24.4 Å². The Morgan fingerprint density at radius 1 is 0.961 bits per heavy atom. The van der Waals surface area contributed by atoms with E-state index in [1.54, 1.807) is 33.6 Å². The smallest absolute Gasteiger partial charge is 0.274 e. The monoisotopic (exact) mass is 705 g/mol. The lowest BCUT2D eigenvalue weighted by molar-refractivity contribution is 0.0569. The lowest BCUT2D eigenvalue weighted by atomic mass is 9.93. The molecule has 0 saturated heterocycles. The van der Waals surface area contributed by atoms with Gasteiger partial charge in [0.15, 0.2) is 5.69 Å². The number of hydrogen-bond acceptors (Lipinski definition) is 6. The maximum atomic E-state index is 14.6. The molecule has 3 aromatic carbocycles. The summed E-state index contributed by atoms with van der Waals surface area (Å²) in [7, 11) is 0.255. The van der Waals surface area contributed by atoms with E-state index in [2.05, 4.69) is 35.8 Å². The maximum absolute atomic E-state index is 14.6. The number of aromatic nitrogens is 4. The Bertz CT molecular complexity index is 2060. The van der Waals surface area contributed by atoms with Crippen molar-refractivity contribution in [2.24, 2.45) is 7.05 Å². The molecule has 0 fully saturated rings. The number of hydrogen-bond donors (Lipinski definition) is 1. The molecule has 0 aliphatic carbocycles. The van der Waals surface area contributed by atoms with Crippen LogP contribution in [0.4, 0.5) is 5.69 Å². The lowest BCUT2D eigenvalue weighted by Crippen LogP contribution is -2.47. The van der Waals surface area contributed by atoms with Gasteiger partial charge < -0.3 is 19.3 Å². The summed E-state index contributed by atoms with van der Waals surface area (Å²) in [6.45, 7) is 6.21. The number of anilines is 1. The molecule has 2 aliphatic heterocycles. The average molecular weight is 706 g/mol. The van der Waals surface area contributed by atoms with Gasteiger partial charge in [-0.3, -0.25) is 14.3 Å². The quantitative estimate of drug-likeness (QED) is 0.170. The number of fused-ring (bicyclic) bond motifs is 5. The predicted molar refractivity (Wildman–Crippen MR) is 197 cm³/mol. The highest BCUT2D eigenvalue weighted by molar-refractivity contribution is 7.86. The molecule has 51 heavy (non-hydrogen) atoms. The van der Waals surface area contributed by atoms with Crippen LogP contribution in [0.1, 0.15) is 71.5 Å². The molecule has 1 unspecified atom stereocenters. The average Bonchev–Trinajstić information content (AvgIpc) is 3.79. The van der Waals surface area contributed by atoms with Crippen LogP contribution in [0, 0.1) is 0 Å². The summed E-state index contributed by atoms with van der Waals surface area (Å²) in [4.78, 5) is 32.8. The SMILES string of the molecule is CCCCN(CCCC)C(=O)c1cc2n(n1)-c1ccc(NS(=O)c3ccc(-c4ccn(C)n4)cc3)cc1C(=O)N1Cc3ccccc3C[C@H]1CO2. The highest BCUT2D eigenvalue weighted by atomic mass is 32.2. The molecule has 7 rings (SSSR count). The van der Waals surface area contributed by atoms with E-state index in [9.17, 15) is 13.8 Å². The van der Waals surface area contributed by atoms with E-state index in [-0.39, 0.29) is 30.2 Å². The van der Waals surface area contributed by atoms with Crippen LogP contribution >= 0.6 is 0 Å². The zero-order valence-electron chi connectivity index (χ0n) is 29.2. The van der Waals surface area contributed by atoms with Crippen molar-refractivity contribution >= 4 is 28.5 Å². The van der Waals surface area contributed by atoms with Crippen LogP contribution in [0.2, 0.25) is 0 Å². The Balaban J connectivity index is 1.24. The molecule has 5 aromatic rings. The zero-order chi connectivity index (χ0) is 35.5. The molecule has 0 radical (unpaired) electrons. The van der Waals surface area contributed by atoms with Gasteiger partial charge in [-0.05, 0) is 66.8 Å². The number of ether oxygens (including phenoxy) is 1. The van der Waals surface area contributed by atoms with E-state index >= 15 is 0 Å². The topological polar surface area (TPSA) is 115 Å². The van der Waals surface area contributed by atoms with Gasteiger partial charge in [-0.25, -0.2) is 4.21 Å². The molecule has 4 heterocycles. The number of aryl methyl sites for hydroxylation is 1. The highest BCUT2D eigenvalue weighted by Gasteiger charge is 2.35. The third kappa shape index (κ3) is 7.18. The number of carbonyl (C=O) groups is 2. The molecule has 2 amide bonds. The Hall–Kier alpha value is -5.23. The molecule has 1 N–H and O–H groups in total. The van der Waals surface area contributed by atoms with Gasteiger partial charge in [0.25, 0.3) is 11.8 Å². The largest absolute Gasteiger partial charge is 0.475 e. The standard InChI is InChI=1S/C39H43N7O4S/c1-4-6-19-44(20-7-5-2)39(48)35-24-37-46(41-35)36-17-14-30(42-51(49)32-15-12-27(13-16-32)34-18-21-43(3)40-34)23-33(36)38(47)45-25-29-11-9-8-10-28(29)22-31(45)26-50-37/h8-18,21,23-24,31,42H,4-7,19-20,22,25-26H2,1-3H3/t31-,51?/m0/s1. The first-order chi connectivity index (χ1) is 24.8. The Morgan fingerprint density at radius 2 is 1.71 bits per heavy atom. The van der Waals surface area contributed by atoms with Crippen LogP contribution in [0.15, 0.2) is 90.0 Å². The first-order valence-electron chi connectivity index (χ1n) is 17.7. The van der Waals surface area contributed by atoms with Crippen molar-refractivity contribution in [3.8, 4) is 22.8 Å². The summed E-state index contributed by atoms with van der Waals surface area (Å²) < 4.78 is 26.4. The minimum absolute atomic E-state index is 0.151. The van der Waals surface area contributed by atoms with Crippen LogP contribution in [-0.4, -0.2) is 71.1 Å². The number of carbonyl (C=O) groups excluding carboxylic acids is 2. The summed E-state index contributed by atoms with van der Waals surface area (Å²) in [5.74, 6) is 0.0590. The number of nitrogens with zero attached hydrogens (tertiary/aromatic N) is 6. The van der Waals surface area contributed by atoms with Gasteiger partial charge in [-0.1, -0.05) is 63.1 Å².